The Kier molecular flexibility index (Phi) is 10.7. The van der Waals surface area contributed by atoms with Gasteiger partial charge in [0.05, 0.1) is 11.7 Å². The van der Waals surface area contributed by atoms with Gasteiger partial charge in [0, 0.05) is 22.9 Å². The van der Waals surface area contributed by atoms with Crippen molar-refractivity contribution in [2.75, 3.05) is 22.9 Å². The molecule has 0 aliphatic heterocycles. The van der Waals surface area contributed by atoms with Crippen LogP contribution in [0.15, 0.2) is 97.1 Å². The Morgan fingerprint density at radius 3 is 2.14 bits per heavy atom. The molecule has 4 aromatic rings. The Bertz CT molecular complexity index is 1710. The maximum atomic E-state index is 13.8. The third kappa shape index (κ3) is 10.1. The number of allylic oxidation sites excluding steroid dienone is 1. The maximum Gasteiger partial charge on any atom is 0.266 e. The minimum Gasteiger partial charge on any atom is -0.384 e. The molecule has 0 heterocycles. The fourth-order valence-electron chi connectivity index (χ4n) is 4.78. The van der Waals surface area contributed by atoms with E-state index in [9.17, 15) is 13.2 Å². The Hall–Kier alpha value is -3.91. The van der Waals surface area contributed by atoms with Gasteiger partial charge in [0.25, 0.3) is 10.1 Å². The summed E-state index contributed by atoms with van der Waals surface area (Å²) in [5, 5.41) is 6.79. The van der Waals surface area contributed by atoms with Crippen LogP contribution in [0.2, 0.25) is 5.02 Å². The van der Waals surface area contributed by atoms with Crippen LogP contribution in [0.5, 0.6) is 0 Å². The number of rotatable bonds is 11. The first-order chi connectivity index (χ1) is 20.8. The minimum atomic E-state index is -4.03. The monoisotopic (exact) mass is 630 g/mol. The summed E-state index contributed by atoms with van der Waals surface area (Å²) in [6.07, 6.45) is 4.72. The van der Waals surface area contributed by atoms with Crippen molar-refractivity contribution in [1.82, 2.24) is 0 Å². The molecular formula is C36H39ClN2O4S. The van der Waals surface area contributed by atoms with Gasteiger partial charge in [-0.3, -0.25) is 9.35 Å². The minimum absolute atomic E-state index is 0.0657. The molecule has 0 bridgehead atoms. The molecule has 6 nitrogen and oxygen atoms in total. The van der Waals surface area contributed by atoms with Crippen LogP contribution in [0, 0.1) is 12.3 Å². The smallest absolute Gasteiger partial charge is 0.266 e. The van der Waals surface area contributed by atoms with E-state index >= 15 is 0 Å². The number of aryl methyl sites for hydroxylation is 1. The van der Waals surface area contributed by atoms with Gasteiger partial charge in [-0.15, -0.1) is 0 Å². The summed E-state index contributed by atoms with van der Waals surface area (Å²) in [5.41, 5.74) is 7.62. The van der Waals surface area contributed by atoms with Crippen molar-refractivity contribution in [3.8, 4) is 11.1 Å². The van der Waals surface area contributed by atoms with Crippen molar-refractivity contribution in [2.45, 2.75) is 40.0 Å². The molecule has 0 unspecified atom stereocenters. The van der Waals surface area contributed by atoms with Crippen LogP contribution in [-0.4, -0.2) is 31.2 Å². The van der Waals surface area contributed by atoms with E-state index in [-0.39, 0.29) is 23.6 Å². The van der Waals surface area contributed by atoms with Gasteiger partial charge in [-0.25, -0.2) is 0 Å². The number of hydrogen-bond donors (Lipinski definition) is 3. The second kappa shape index (κ2) is 14.2. The standard InChI is InChI=1S/C36H39ClN2O4S/c1-25-23-30(37)13-18-33(25)28-11-16-32(17-12-28)39-35(40)34(29-9-5-26(6-10-29)19-20-36(2,3)4)24-27-7-14-31(15-8-27)38-21-22-44(41,42)43/h5-20,23,34,38H,21-22,24H2,1-4H3,(H,39,40)(H,41,42,43)/b20-19+/t34-/m0/s1. The van der Waals surface area contributed by atoms with Gasteiger partial charge in [-0.05, 0) is 88.5 Å². The Balaban J connectivity index is 1.53. The fraction of sp³-hybridized carbons (Fsp3) is 0.250. The number of carbonyl (C=O) groups is 1. The summed E-state index contributed by atoms with van der Waals surface area (Å²) < 4.78 is 31.0. The molecule has 44 heavy (non-hydrogen) atoms. The van der Waals surface area contributed by atoms with E-state index < -0.39 is 16.0 Å². The first kappa shape index (κ1) is 33.0. The molecule has 230 valence electrons. The highest BCUT2D eigenvalue weighted by molar-refractivity contribution is 7.85. The lowest BCUT2D eigenvalue weighted by Gasteiger charge is -2.19. The average Bonchev–Trinajstić information content (AvgIpc) is 2.95. The first-order valence-corrected chi connectivity index (χ1v) is 16.5. The van der Waals surface area contributed by atoms with Crippen LogP contribution in [-0.2, 0) is 21.3 Å². The third-order valence-electron chi connectivity index (χ3n) is 7.17. The lowest BCUT2D eigenvalue weighted by atomic mass is 9.90. The summed E-state index contributed by atoms with van der Waals surface area (Å²) in [6.45, 7) is 8.56. The number of amides is 1. The molecule has 4 aromatic carbocycles. The second-order valence-electron chi connectivity index (χ2n) is 12.1. The van der Waals surface area contributed by atoms with Crippen molar-refractivity contribution < 1.29 is 17.8 Å². The molecule has 0 aromatic heterocycles. The molecule has 0 aliphatic rings. The molecule has 0 spiro atoms. The summed E-state index contributed by atoms with van der Waals surface area (Å²) in [4.78, 5) is 13.8. The van der Waals surface area contributed by atoms with Gasteiger partial charge >= 0.3 is 0 Å². The average molecular weight is 631 g/mol. The third-order valence-corrected chi connectivity index (χ3v) is 8.12. The van der Waals surface area contributed by atoms with E-state index in [0.29, 0.717) is 17.1 Å². The van der Waals surface area contributed by atoms with E-state index in [1.165, 1.54) is 0 Å². The Morgan fingerprint density at radius 1 is 0.909 bits per heavy atom. The fourth-order valence-corrected chi connectivity index (χ4v) is 5.37. The molecular weight excluding hydrogens is 592 g/mol. The lowest BCUT2D eigenvalue weighted by Crippen LogP contribution is -2.23. The maximum absolute atomic E-state index is 13.8. The highest BCUT2D eigenvalue weighted by Gasteiger charge is 2.22. The quantitative estimate of drug-likeness (QED) is 0.144. The van der Waals surface area contributed by atoms with Crippen LogP contribution < -0.4 is 10.6 Å². The lowest BCUT2D eigenvalue weighted by molar-refractivity contribution is -0.117. The molecule has 8 heteroatoms. The van der Waals surface area contributed by atoms with Crippen molar-refractivity contribution >= 4 is 45.1 Å². The van der Waals surface area contributed by atoms with E-state index in [4.69, 9.17) is 16.2 Å². The summed E-state index contributed by atoms with van der Waals surface area (Å²) in [7, 11) is -4.03. The molecule has 0 radical (unpaired) electrons. The van der Waals surface area contributed by atoms with Gasteiger partial charge in [0.2, 0.25) is 5.91 Å². The van der Waals surface area contributed by atoms with Crippen LogP contribution in [0.1, 0.15) is 48.9 Å². The van der Waals surface area contributed by atoms with E-state index in [2.05, 4.69) is 43.6 Å². The summed E-state index contributed by atoms with van der Waals surface area (Å²) in [6, 6.07) is 29.2. The Labute approximate surface area is 265 Å². The topological polar surface area (TPSA) is 95.5 Å². The van der Waals surface area contributed by atoms with Gasteiger partial charge in [0.15, 0.2) is 0 Å². The molecule has 1 amide bonds. The molecule has 3 N–H and O–H groups in total. The second-order valence-corrected chi connectivity index (χ2v) is 14.1. The van der Waals surface area contributed by atoms with Crippen molar-refractivity contribution in [1.29, 1.82) is 0 Å². The van der Waals surface area contributed by atoms with Gasteiger partial charge in [-0.2, -0.15) is 8.42 Å². The van der Waals surface area contributed by atoms with Crippen LogP contribution >= 0.6 is 11.6 Å². The van der Waals surface area contributed by atoms with Crippen LogP contribution in [0.4, 0.5) is 11.4 Å². The van der Waals surface area contributed by atoms with Crippen molar-refractivity contribution in [3.63, 3.8) is 0 Å². The van der Waals surface area contributed by atoms with Gasteiger partial charge < -0.3 is 10.6 Å². The van der Waals surface area contributed by atoms with E-state index in [0.717, 1.165) is 39.1 Å². The number of nitrogens with one attached hydrogen (secondary N) is 2. The zero-order chi connectivity index (χ0) is 31.9. The SMILES string of the molecule is Cc1cc(Cl)ccc1-c1ccc(NC(=O)[C@@H](Cc2ccc(NCCS(=O)(=O)O)cc2)c2ccc(/C=C/C(C)(C)C)cc2)cc1. The molecule has 0 saturated carbocycles. The molecule has 4 rings (SSSR count). The Morgan fingerprint density at radius 2 is 1.55 bits per heavy atom. The number of carbonyl (C=O) groups excluding carboxylic acids is 1. The number of benzene rings is 4. The molecule has 0 aliphatic carbocycles. The zero-order valence-electron chi connectivity index (χ0n) is 25.5. The van der Waals surface area contributed by atoms with Crippen LogP contribution in [0.25, 0.3) is 17.2 Å². The largest absolute Gasteiger partial charge is 0.384 e. The van der Waals surface area contributed by atoms with Crippen molar-refractivity contribution in [2.24, 2.45) is 5.41 Å². The number of halogens is 1. The van der Waals surface area contributed by atoms with E-state index in [1.54, 1.807) is 0 Å². The molecule has 0 fully saturated rings. The van der Waals surface area contributed by atoms with Crippen molar-refractivity contribution in [3.05, 3.63) is 124 Å². The van der Waals surface area contributed by atoms with Gasteiger partial charge in [-0.1, -0.05) is 99.1 Å². The predicted molar refractivity (Wildman–Crippen MR) is 183 cm³/mol. The number of hydrogen-bond acceptors (Lipinski definition) is 4. The summed E-state index contributed by atoms with van der Waals surface area (Å²) in [5.74, 6) is -0.945. The molecule has 0 saturated heterocycles. The zero-order valence-corrected chi connectivity index (χ0v) is 27.0. The van der Waals surface area contributed by atoms with Gasteiger partial charge in [0.1, 0.15) is 0 Å². The summed E-state index contributed by atoms with van der Waals surface area (Å²) >= 11 is 6.13. The highest BCUT2D eigenvalue weighted by Crippen LogP contribution is 2.29. The highest BCUT2D eigenvalue weighted by atomic mass is 35.5. The molecule has 1 atom stereocenters. The predicted octanol–water partition coefficient (Wildman–Crippen LogP) is 8.64. The van der Waals surface area contributed by atoms with E-state index in [1.807, 2.05) is 97.9 Å². The van der Waals surface area contributed by atoms with Crippen LogP contribution in [0.3, 0.4) is 0 Å². The normalized spacial score (nSPS) is 12.7. The number of anilines is 2. The first-order valence-electron chi connectivity index (χ1n) is 14.5.